The van der Waals surface area contributed by atoms with Crippen LogP contribution in [0.25, 0.3) is 0 Å². The molecule has 0 heterocycles. The highest BCUT2D eigenvalue weighted by Crippen LogP contribution is 2.34. The molecule has 0 radical (unpaired) electrons. The molecule has 0 spiro atoms. The number of ether oxygens (including phenoxy) is 1. The highest BCUT2D eigenvalue weighted by Gasteiger charge is 2.15. The van der Waals surface area contributed by atoms with Crippen molar-refractivity contribution in [2.24, 2.45) is 0 Å². The molecule has 2 aromatic carbocycles. The molecule has 2 heteroatoms. The minimum Gasteiger partial charge on any atom is -0.508 e. The van der Waals surface area contributed by atoms with Crippen molar-refractivity contribution in [2.75, 3.05) is 7.11 Å². The Morgan fingerprint density at radius 2 is 1.89 bits per heavy atom. The molecular weight excluding hydrogens is 224 g/mol. The number of phenolic OH excluding ortho intramolecular Hbond substituents is 1. The first kappa shape index (κ1) is 12.2. The largest absolute Gasteiger partial charge is 0.508 e. The topological polar surface area (TPSA) is 29.5 Å². The molecule has 18 heavy (non-hydrogen) atoms. The van der Waals surface area contributed by atoms with E-state index < -0.39 is 0 Å². The van der Waals surface area contributed by atoms with Crippen LogP contribution in [0.15, 0.2) is 61.2 Å². The molecule has 0 aromatic heterocycles. The number of methoxy groups -OCH3 is 1. The second-order valence-electron chi connectivity index (χ2n) is 4.05. The molecule has 1 atom stereocenters. The Bertz CT molecular complexity index is 532. The third-order valence-electron chi connectivity index (χ3n) is 2.96. The van der Waals surface area contributed by atoms with E-state index in [0.717, 1.165) is 16.9 Å². The SMILES string of the molecule is C=C[C@@H](c1ccccc1)c1cc(OC)ccc1O. The van der Waals surface area contributed by atoms with Gasteiger partial charge in [0.15, 0.2) is 0 Å². The van der Waals surface area contributed by atoms with Gasteiger partial charge in [-0.2, -0.15) is 0 Å². The van der Waals surface area contributed by atoms with Crippen molar-refractivity contribution in [1.29, 1.82) is 0 Å². The van der Waals surface area contributed by atoms with E-state index in [1.807, 2.05) is 42.5 Å². The van der Waals surface area contributed by atoms with Crippen LogP contribution in [0.5, 0.6) is 11.5 Å². The van der Waals surface area contributed by atoms with Gasteiger partial charge in [-0.3, -0.25) is 0 Å². The summed E-state index contributed by atoms with van der Waals surface area (Å²) in [6.45, 7) is 3.86. The Balaban J connectivity index is 2.48. The van der Waals surface area contributed by atoms with E-state index in [2.05, 4.69) is 6.58 Å². The lowest BCUT2D eigenvalue weighted by Crippen LogP contribution is -1.98. The molecule has 2 nitrogen and oxygen atoms in total. The Morgan fingerprint density at radius 3 is 2.50 bits per heavy atom. The fourth-order valence-corrected chi connectivity index (χ4v) is 2.01. The summed E-state index contributed by atoms with van der Waals surface area (Å²) in [7, 11) is 1.61. The zero-order chi connectivity index (χ0) is 13.0. The molecular formula is C16H16O2. The monoisotopic (exact) mass is 240 g/mol. The average Bonchev–Trinajstić information content (AvgIpc) is 2.43. The van der Waals surface area contributed by atoms with Crippen molar-refractivity contribution in [2.45, 2.75) is 5.92 Å². The van der Waals surface area contributed by atoms with Gasteiger partial charge in [0.25, 0.3) is 0 Å². The van der Waals surface area contributed by atoms with Crippen LogP contribution in [-0.4, -0.2) is 12.2 Å². The number of hydrogen-bond acceptors (Lipinski definition) is 2. The van der Waals surface area contributed by atoms with Crippen molar-refractivity contribution < 1.29 is 9.84 Å². The van der Waals surface area contributed by atoms with Crippen LogP contribution in [0.3, 0.4) is 0 Å². The van der Waals surface area contributed by atoms with Crippen molar-refractivity contribution in [1.82, 2.24) is 0 Å². The van der Waals surface area contributed by atoms with Gasteiger partial charge in [-0.15, -0.1) is 6.58 Å². The van der Waals surface area contributed by atoms with Gasteiger partial charge in [0, 0.05) is 11.5 Å². The maximum atomic E-state index is 9.99. The molecule has 0 aliphatic rings. The van der Waals surface area contributed by atoms with Gasteiger partial charge in [-0.25, -0.2) is 0 Å². The number of phenols is 1. The van der Waals surface area contributed by atoms with E-state index in [1.54, 1.807) is 19.2 Å². The van der Waals surface area contributed by atoms with E-state index in [1.165, 1.54) is 0 Å². The number of aromatic hydroxyl groups is 1. The van der Waals surface area contributed by atoms with Gasteiger partial charge >= 0.3 is 0 Å². The van der Waals surface area contributed by atoms with Crippen molar-refractivity contribution in [3.05, 3.63) is 72.3 Å². The number of benzene rings is 2. The normalized spacial score (nSPS) is 11.8. The van der Waals surface area contributed by atoms with E-state index in [4.69, 9.17) is 4.74 Å². The molecule has 0 fully saturated rings. The van der Waals surface area contributed by atoms with E-state index in [0.29, 0.717) is 0 Å². The Kier molecular flexibility index (Phi) is 3.68. The lowest BCUT2D eigenvalue weighted by molar-refractivity contribution is 0.410. The standard InChI is InChI=1S/C16H16O2/c1-3-14(12-7-5-4-6-8-12)15-11-13(18-2)9-10-16(15)17/h3-11,14,17H,1H2,2H3/t14-/m0/s1. The zero-order valence-corrected chi connectivity index (χ0v) is 10.3. The maximum Gasteiger partial charge on any atom is 0.119 e. The average molecular weight is 240 g/mol. The Labute approximate surface area is 107 Å². The molecule has 2 aromatic rings. The maximum absolute atomic E-state index is 9.99. The number of hydrogen-bond donors (Lipinski definition) is 1. The Morgan fingerprint density at radius 1 is 1.17 bits per heavy atom. The first-order valence-corrected chi connectivity index (χ1v) is 5.80. The van der Waals surface area contributed by atoms with Crippen LogP contribution in [0.4, 0.5) is 0 Å². The highest BCUT2D eigenvalue weighted by molar-refractivity contribution is 5.47. The molecule has 0 aliphatic carbocycles. The zero-order valence-electron chi connectivity index (χ0n) is 10.3. The molecule has 0 bridgehead atoms. The fraction of sp³-hybridized carbons (Fsp3) is 0.125. The number of allylic oxidation sites excluding steroid dienone is 1. The number of rotatable bonds is 4. The van der Waals surface area contributed by atoms with Gasteiger partial charge in [0.2, 0.25) is 0 Å². The van der Waals surface area contributed by atoms with E-state index >= 15 is 0 Å². The van der Waals surface area contributed by atoms with Gasteiger partial charge < -0.3 is 9.84 Å². The summed E-state index contributed by atoms with van der Waals surface area (Å²) in [5.41, 5.74) is 1.90. The van der Waals surface area contributed by atoms with Gasteiger partial charge in [-0.05, 0) is 23.8 Å². The molecule has 0 saturated carbocycles. The molecule has 0 aliphatic heterocycles. The third-order valence-corrected chi connectivity index (χ3v) is 2.96. The van der Waals surface area contributed by atoms with E-state index in [-0.39, 0.29) is 11.7 Å². The van der Waals surface area contributed by atoms with Gasteiger partial charge in [0.05, 0.1) is 7.11 Å². The Hall–Kier alpha value is -2.22. The van der Waals surface area contributed by atoms with Crippen LogP contribution >= 0.6 is 0 Å². The van der Waals surface area contributed by atoms with Crippen LogP contribution in [-0.2, 0) is 0 Å². The highest BCUT2D eigenvalue weighted by atomic mass is 16.5. The molecule has 0 unspecified atom stereocenters. The van der Waals surface area contributed by atoms with Crippen molar-refractivity contribution in [3.63, 3.8) is 0 Å². The minimum absolute atomic E-state index is 0.0405. The van der Waals surface area contributed by atoms with Crippen LogP contribution in [0.1, 0.15) is 17.0 Å². The second-order valence-corrected chi connectivity index (χ2v) is 4.05. The van der Waals surface area contributed by atoms with Gasteiger partial charge in [-0.1, -0.05) is 36.4 Å². The lowest BCUT2D eigenvalue weighted by Gasteiger charge is -2.16. The first-order valence-electron chi connectivity index (χ1n) is 5.80. The molecule has 0 saturated heterocycles. The minimum atomic E-state index is -0.0405. The predicted molar refractivity (Wildman–Crippen MR) is 73.1 cm³/mol. The van der Waals surface area contributed by atoms with Crippen LogP contribution in [0, 0.1) is 0 Å². The summed E-state index contributed by atoms with van der Waals surface area (Å²) in [6, 6.07) is 15.2. The quantitative estimate of drug-likeness (QED) is 0.825. The lowest BCUT2D eigenvalue weighted by atomic mass is 9.90. The molecule has 92 valence electrons. The smallest absolute Gasteiger partial charge is 0.119 e. The van der Waals surface area contributed by atoms with Crippen LogP contribution in [0.2, 0.25) is 0 Å². The second kappa shape index (κ2) is 5.41. The summed E-state index contributed by atoms with van der Waals surface area (Å²) in [6.07, 6.45) is 1.82. The predicted octanol–water partition coefficient (Wildman–Crippen LogP) is 3.72. The third kappa shape index (κ3) is 2.38. The summed E-state index contributed by atoms with van der Waals surface area (Å²) >= 11 is 0. The fourth-order valence-electron chi connectivity index (χ4n) is 2.01. The summed E-state index contributed by atoms with van der Waals surface area (Å²) in [4.78, 5) is 0. The van der Waals surface area contributed by atoms with Crippen molar-refractivity contribution in [3.8, 4) is 11.5 Å². The first-order chi connectivity index (χ1) is 8.76. The van der Waals surface area contributed by atoms with Crippen molar-refractivity contribution >= 4 is 0 Å². The summed E-state index contributed by atoms with van der Waals surface area (Å²) in [5, 5.41) is 9.99. The summed E-state index contributed by atoms with van der Waals surface area (Å²) < 4.78 is 5.19. The van der Waals surface area contributed by atoms with E-state index in [9.17, 15) is 5.11 Å². The summed E-state index contributed by atoms with van der Waals surface area (Å²) in [5.74, 6) is 0.941. The van der Waals surface area contributed by atoms with Crippen LogP contribution < -0.4 is 4.74 Å². The molecule has 0 amide bonds. The molecule has 1 N–H and O–H groups in total. The van der Waals surface area contributed by atoms with Gasteiger partial charge in [0.1, 0.15) is 11.5 Å². The molecule has 2 rings (SSSR count).